The van der Waals surface area contributed by atoms with Crippen LogP contribution in [0.15, 0.2) is 72.1 Å². The van der Waals surface area contributed by atoms with Crippen LogP contribution < -0.4 is 4.90 Å². The highest BCUT2D eigenvalue weighted by Crippen LogP contribution is 2.31. The first kappa shape index (κ1) is 19.4. The first-order valence-electron chi connectivity index (χ1n) is 10.6. The maximum Gasteiger partial charge on any atom is 0.254 e. The molecule has 3 aromatic heterocycles. The Morgan fingerprint density at radius 1 is 0.844 bits per heavy atom. The van der Waals surface area contributed by atoms with E-state index < -0.39 is 0 Å². The number of hydrogen-bond donors (Lipinski definition) is 0. The van der Waals surface area contributed by atoms with Gasteiger partial charge in [0, 0.05) is 31.6 Å². The van der Waals surface area contributed by atoms with Gasteiger partial charge in [0.2, 0.25) is 0 Å². The van der Waals surface area contributed by atoms with Gasteiger partial charge >= 0.3 is 0 Å². The number of thiophene rings is 1. The number of nitrogens with zero attached hydrogens (tertiary/aromatic N) is 4. The third-order valence-electron chi connectivity index (χ3n) is 5.84. The van der Waals surface area contributed by atoms with Crippen LogP contribution in [0.3, 0.4) is 0 Å². The number of anilines is 1. The van der Waals surface area contributed by atoms with E-state index in [9.17, 15) is 4.79 Å². The number of piperazine rings is 1. The minimum Gasteiger partial charge on any atom is -0.345 e. The highest BCUT2D eigenvalue weighted by atomic mass is 32.1. The number of fused-ring (bicyclic) bond motifs is 2. The Hall–Kier alpha value is -3.29. The van der Waals surface area contributed by atoms with E-state index in [-0.39, 0.29) is 5.91 Å². The molecule has 0 spiro atoms. The lowest BCUT2D eigenvalue weighted by Crippen LogP contribution is -2.48. The predicted octanol–water partition coefficient (Wildman–Crippen LogP) is 5.54. The summed E-state index contributed by atoms with van der Waals surface area (Å²) in [6.07, 6.45) is 0. The minimum atomic E-state index is 0.0744. The predicted molar refractivity (Wildman–Crippen MR) is 133 cm³/mol. The second-order valence-corrected chi connectivity index (χ2v) is 9.75. The van der Waals surface area contributed by atoms with Gasteiger partial charge in [-0.3, -0.25) is 4.79 Å². The topological polar surface area (TPSA) is 49.3 Å². The van der Waals surface area contributed by atoms with Crippen LogP contribution in [-0.4, -0.2) is 47.0 Å². The molecule has 1 aliphatic heterocycles. The Kier molecular flexibility index (Phi) is 4.85. The summed E-state index contributed by atoms with van der Waals surface area (Å²) in [7, 11) is 0. The van der Waals surface area contributed by atoms with Crippen LogP contribution in [0.2, 0.25) is 0 Å². The van der Waals surface area contributed by atoms with Gasteiger partial charge in [-0.05, 0) is 35.7 Å². The molecule has 5 nitrogen and oxygen atoms in total. The van der Waals surface area contributed by atoms with Gasteiger partial charge in [-0.1, -0.05) is 47.7 Å². The second kappa shape index (κ2) is 8.00. The Morgan fingerprint density at radius 2 is 1.62 bits per heavy atom. The zero-order chi connectivity index (χ0) is 21.5. The standard InChI is InChI=1S/C25H20N4OS2/c30-24(18-16-21(22-10-5-15-31-22)26-19-7-2-1-6-17(18)19)28-11-13-29(14-12-28)25-27-20-8-3-4-9-23(20)32-25/h1-10,15-16H,11-14H2. The van der Waals surface area contributed by atoms with Crippen molar-refractivity contribution < 1.29 is 4.79 Å². The number of rotatable bonds is 3. The molecule has 0 radical (unpaired) electrons. The normalized spacial score (nSPS) is 14.4. The average molecular weight is 457 g/mol. The molecule has 0 aliphatic carbocycles. The number of carbonyl (C=O) groups excluding carboxylic acids is 1. The molecule has 0 bridgehead atoms. The fourth-order valence-corrected chi connectivity index (χ4v) is 5.87. The van der Waals surface area contributed by atoms with E-state index in [0.717, 1.165) is 50.8 Å². The van der Waals surface area contributed by atoms with Crippen molar-refractivity contribution in [3.8, 4) is 10.6 Å². The van der Waals surface area contributed by atoms with Crippen molar-refractivity contribution in [2.75, 3.05) is 31.1 Å². The van der Waals surface area contributed by atoms with Crippen molar-refractivity contribution in [1.29, 1.82) is 0 Å². The van der Waals surface area contributed by atoms with Crippen molar-refractivity contribution >= 4 is 54.8 Å². The van der Waals surface area contributed by atoms with E-state index in [4.69, 9.17) is 9.97 Å². The Labute approximate surface area is 193 Å². The number of para-hydroxylation sites is 2. The van der Waals surface area contributed by atoms with Gasteiger partial charge in [-0.2, -0.15) is 0 Å². The monoisotopic (exact) mass is 456 g/mol. The van der Waals surface area contributed by atoms with E-state index in [1.807, 2.05) is 64.9 Å². The SMILES string of the molecule is O=C(c1cc(-c2cccs2)nc2ccccc12)N1CCN(c2nc3ccccc3s2)CC1. The van der Waals surface area contributed by atoms with Crippen LogP contribution >= 0.6 is 22.7 Å². The van der Waals surface area contributed by atoms with Crippen molar-refractivity contribution in [1.82, 2.24) is 14.9 Å². The highest BCUT2D eigenvalue weighted by Gasteiger charge is 2.25. The van der Waals surface area contributed by atoms with Gasteiger partial charge in [0.1, 0.15) is 0 Å². The summed E-state index contributed by atoms with van der Waals surface area (Å²) in [5.41, 5.74) is 3.48. The quantitative estimate of drug-likeness (QED) is 0.358. The molecule has 6 rings (SSSR count). The smallest absolute Gasteiger partial charge is 0.254 e. The lowest BCUT2D eigenvalue weighted by Gasteiger charge is -2.34. The zero-order valence-corrected chi connectivity index (χ0v) is 18.9. The summed E-state index contributed by atoms with van der Waals surface area (Å²) in [5.74, 6) is 0.0744. The van der Waals surface area contributed by atoms with Gasteiger partial charge in [0.15, 0.2) is 5.13 Å². The summed E-state index contributed by atoms with van der Waals surface area (Å²) >= 11 is 3.36. The number of hydrogen-bond acceptors (Lipinski definition) is 6. The van der Waals surface area contributed by atoms with Gasteiger partial charge in [-0.15, -0.1) is 11.3 Å². The minimum absolute atomic E-state index is 0.0744. The summed E-state index contributed by atoms with van der Waals surface area (Å²) in [6.45, 7) is 2.93. The molecule has 5 aromatic rings. The van der Waals surface area contributed by atoms with Crippen LogP contribution in [0.1, 0.15) is 10.4 Å². The van der Waals surface area contributed by atoms with E-state index in [1.165, 1.54) is 4.70 Å². The first-order chi connectivity index (χ1) is 15.8. The maximum absolute atomic E-state index is 13.6. The summed E-state index contributed by atoms with van der Waals surface area (Å²) in [5, 5.41) is 3.98. The lowest BCUT2D eigenvalue weighted by molar-refractivity contribution is 0.0748. The van der Waals surface area contributed by atoms with Crippen LogP contribution in [0.5, 0.6) is 0 Å². The fourth-order valence-electron chi connectivity index (χ4n) is 4.17. The van der Waals surface area contributed by atoms with Gasteiger partial charge in [0.25, 0.3) is 5.91 Å². The number of amides is 1. The average Bonchev–Trinajstić information content (AvgIpc) is 3.53. The zero-order valence-electron chi connectivity index (χ0n) is 17.3. The first-order valence-corrected chi connectivity index (χ1v) is 12.3. The molecule has 2 aromatic carbocycles. The van der Waals surface area contributed by atoms with Crippen molar-refractivity contribution in [2.45, 2.75) is 0 Å². The molecule has 0 saturated carbocycles. The molecule has 158 valence electrons. The lowest BCUT2D eigenvalue weighted by atomic mass is 10.1. The molecule has 0 unspecified atom stereocenters. The third-order valence-corrected chi connectivity index (χ3v) is 7.83. The molecule has 4 heterocycles. The van der Waals surface area contributed by atoms with Crippen molar-refractivity contribution in [3.63, 3.8) is 0 Å². The summed E-state index contributed by atoms with van der Waals surface area (Å²) in [6, 6.07) is 22.2. The van der Waals surface area contributed by atoms with Gasteiger partial charge < -0.3 is 9.80 Å². The van der Waals surface area contributed by atoms with Crippen LogP contribution in [0.25, 0.3) is 31.7 Å². The van der Waals surface area contributed by atoms with E-state index >= 15 is 0 Å². The number of aromatic nitrogens is 2. The maximum atomic E-state index is 13.6. The second-order valence-electron chi connectivity index (χ2n) is 7.79. The van der Waals surface area contributed by atoms with Crippen molar-refractivity contribution in [2.24, 2.45) is 0 Å². The third kappa shape index (κ3) is 3.43. The van der Waals surface area contributed by atoms with Crippen LogP contribution in [-0.2, 0) is 0 Å². The van der Waals surface area contributed by atoms with E-state index in [0.29, 0.717) is 13.1 Å². The summed E-state index contributed by atoms with van der Waals surface area (Å²) in [4.78, 5) is 28.5. The molecule has 7 heteroatoms. The Morgan fingerprint density at radius 3 is 2.41 bits per heavy atom. The number of carbonyl (C=O) groups is 1. The molecular formula is C25H20N4OS2. The number of pyridine rings is 1. The van der Waals surface area contributed by atoms with Crippen LogP contribution in [0, 0.1) is 0 Å². The molecule has 1 aliphatic rings. The Balaban J connectivity index is 1.27. The molecule has 1 fully saturated rings. The van der Waals surface area contributed by atoms with Crippen LogP contribution in [0.4, 0.5) is 5.13 Å². The molecular weight excluding hydrogens is 436 g/mol. The van der Waals surface area contributed by atoms with Gasteiger partial charge in [0.05, 0.1) is 31.9 Å². The van der Waals surface area contributed by atoms with Gasteiger partial charge in [-0.25, -0.2) is 9.97 Å². The number of thiazole rings is 1. The summed E-state index contributed by atoms with van der Waals surface area (Å²) < 4.78 is 1.20. The highest BCUT2D eigenvalue weighted by molar-refractivity contribution is 7.22. The van der Waals surface area contributed by atoms with Crippen molar-refractivity contribution in [3.05, 3.63) is 77.7 Å². The molecule has 1 amide bonds. The number of benzene rings is 2. The van der Waals surface area contributed by atoms with E-state index in [2.05, 4.69) is 17.0 Å². The molecule has 32 heavy (non-hydrogen) atoms. The molecule has 0 atom stereocenters. The Bertz CT molecular complexity index is 1390. The largest absolute Gasteiger partial charge is 0.345 e. The fraction of sp³-hybridized carbons (Fsp3) is 0.160. The van der Waals surface area contributed by atoms with E-state index in [1.54, 1.807) is 22.7 Å². The molecule has 1 saturated heterocycles. The molecule has 0 N–H and O–H groups in total.